The van der Waals surface area contributed by atoms with Gasteiger partial charge in [-0.15, -0.1) is 0 Å². The van der Waals surface area contributed by atoms with E-state index in [-0.39, 0.29) is 11.3 Å². The smallest absolute Gasteiger partial charge is 0.220 e. The van der Waals surface area contributed by atoms with Gasteiger partial charge in [-0.25, -0.2) is 0 Å². The Balaban J connectivity index is 1.83. The van der Waals surface area contributed by atoms with Gasteiger partial charge in [-0.2, -0.15) is 5.10 Å². The second-order valence-electron chi connectivity index (χ2n) is 6.48. The first kappa shape index (κ1) is 15.8. The van der Waals surface area contributed by atoms with Crippen molar-refractivity contribution < 1.29 is 4.79 Å². The molecule has 0 unspecified atom stereocenters. The second-order valence-corrected chi connectivity index (χ2v) is 6.89. The van der Waals surface area contributed by atoms with Crippen molar-refractivity contribution >= 4 is 28.4 Å². The summed E-state index contributed by atoms with van der Waals surface area (Å²) in [5, 5.41) is 8.99. The minimum absolute atomic E-state index is 0.0268. The lowest BCUT2D eigenvalue weighted by Crippen LogP contribution is -2.28. The van der Waals surface area contributed by atoms with Crippen LogP contribution in [0.2, 0.25) is 5.02 Å². The van der Waals surface area contributed by atoms with E-state index in [1.165, 1.54) is 0 Å². The van der Waals surface area contributed by atoms with Crippen LogP contribution in [0.4, 0.5) is 0 Å². The maximum Gasteiger partial charge on any atom is 0.220 e. The van der Waals surface area contributed by atoms with Gasteiger partial charge in [-0.1, -0.05) is 38.4 Å². The highest BCUT2D eigenvalue weighted by molar-refractivity contribution is 6.35. The van der Waals surface area contributed by atoms with Crippen LogP contribution < -0.4 is 5.32 Å². The number of nitrogens with one attached hydrogen (secondary N) is 1. The average Bonchev–Trinajstić information content (AvgIpc) is 2.77. The fourth-order valence-corrected chi connectivity index (χ4v) is 2.47. The van der Waals surface area contributed by atoms with Gasteiger partial charge in [0.1, 0.15) is 0 Å². The zero-order valence-electron chi connectivity index (χ0n) is 12.8. The monoisotopic (exact) mass is 307 g/mol. The van der Waals surface area contributed by atoms with Crippen molar-refractivity contribution in [3.8, 4) is 0 Å². The molecule has 0 atom stereocenters. The molecule has 0 saturated carbocycles. The van der Waals surface area contributed by atoms with Crippen molar-refractivity contribution in [3.05, 3.63) is 29.4 Å². The summed E-state index contributed by atoms with van der Waals surface area (Å²) in [6.45, 7) is 7.61. The predicted octanol–water partition coefficient (Wildman–Crippen LogP) is 3.63. The Hall–Kier alpha value is -1.55. The standard InChI is InChI=1S/C16H22ClN3O/c1-16(2,3)10-15(21)18-8-5-9-20-14-7-4-6-13(17)12(14)11-19-20/h4,6-7,11H,5,8-10H2,1-3H3,(H,18,21). The molecule has 0 bridgehead atoms. The van der Waals surface area contributed by atoms with Crippen LogP contribution in [0, 0.1) is 5.41 Å². The first-order valence-electron chi connectivity index (χ1n) is 7.23. The predicted molar refractivity (Wildman–Crippen MR) is 86.4 cm³/mol. The molecule has 0 spiro atoms. The van der Waals surface area contributed by atoms with Crippen LogP contribution in [0.25, 0.3) is 10.9 Å². The number of hydrogen-bond acceptors (Lipinski definition) is 2. The maximum atomic E-state index is 11.7. The van der Waals surface area contributed by atoms with E-state index in [9.17, 15) is 4.79 Å². The van der Waals surface area contributed by atoms with Gasteiger partial charge in [-0.3, -0.25) is 9.48 Å². The molecule has 21 heavy (non-hydrogen) atoms. The highest BCUT2D eigenvalue weighted by atomic mass is 35.5. The number of halogens is 1. The largest absolute Gasteiger partial charge is 0.356 e. The number of benzene rings is 1. The number of fused-ring (bicyclic) bond motifs is 1. The molecule has 0 aliphatic carbocycles. The molecule has 2 aromatic rings. The first-order valence-corrected chi connectivity index (χ1v) is 7.61. The number of hydrogen-bond donors (Lipinski definition) is 1. The van der Waals surface area contributed by atoms with Gasteiger partial charge in [0, 0.05) is 24.9 Å². The fourth-order valence-electron chi connectivity index (χ4n) is 2.25. The number of rotatable bonds is 5. The molecule has 0 aliphatic heterocycles. The van der Waals surface area contributed by atoms with Crippen LogP contribution in [0.1, 0.15) is 33.6 Å². The van der Waals surface area contributed by atoms with Crippen LogP contribution in [0.15, 0.2) is 24.4 Å². The van der Waals surface area contributed by atoms with E-state index < -0.39 is 0 Å². The van der Waals surface area contributed by atoms with Gasteiger partial charge in [0.15, 0.2) is 0 Å². The summed E-state index contributed by atoms with van der Waals surface area (Å²) in [5.74, 6) is 0.107. The number of amides is 1. The van der Waals surface area contributed by atoms with Crippen molar-refractivity contribution in [1.82, 2.24) is 15.1 Å². The van der Waals surface area contributed by atoms with Crippen LogP contribution in [-0.2, 0) is 11.3 Å². The van der Waals surface area contributed by atoms with Crippen LogP contribution in [0.5, 0.6) is 0 Å². The van der Waals surface area contributed by atoms with E-state index in [0.29, 0.717) is 13.0 Å². The second kappa shape index (κ2) is 6.48. The number of aryl methyl sites for hydroxylation is 1. The Labute approximate surface area is 130 Å². The fraction of sp³-hybridized carbons (Fsp3) is 0.500. The molecule has 1 amide bonds. The SMILES string of the molecule is CC(C)(C)CC(=O)NCCCn1ncc2c(Cl)cccc21. The van der Waals surface area contributed by atoms with E-state index >= 15 is 0 Å². The van der Waals surface area contributed by atoms with Crippen molar-refractivity contribution in [3.63, 3.8) is 0 Å². The van der Waals surface area contributed by atoms with Gasteiger partial charge in [0.05, 0.1) is 16.7 Å². The molecule has 0 aliphatic rings. The molecule has 0 saturated heterocycles. The van der Waals surface area contributed by atoms with Gasteiger partial charge in [0.25, 0.3) is 0 Å². The number of carbonyl (C=O) groups excluding carboxylic acids is 1. The van der Waals surface area contributed by atoms with E-state index in [4.69, 9.17) is 11.6 Å². The third-order valence-electron chi connectivity index (χ3n) is 3.19. The minimum Gasteiger partial charge on any atom is -0.356 e. The van der Waals surface area contributed by atoms with Crippen molar-refractivity contribution in [1.29, 1.82) is 0 Å². The van der Waals surface area contributed by atoms with E-state index in [0.717, 1.165) is 28.9 Å². The van der Waals surface area contributed by atoms with Gasteiger partial charge >= 0.3 is 0 Å². The first-order chi connectivity index (χ1) is 9.87. The quantitative estimate of drug-likeness (QED) is 0.857. The lowest BCUT2D eigenvalue weighted by Gasteiger charge is -2.17. The normalized spacial score (nSPS) is 11.8. The molecular weight excluding hydrogens is 286 g/mol. The summed E-state index contributed by atoms with van der Waals surface area (Å²) in [6, 6.07) is 5.79. The summed E-state index contributed by atoms with van der Waals surface area (Å²) in [7, 11) is 0. The van der Waals surface area contributed by atoms with Crippen LogP contribution in [-0.4, -0.2) is 22.2 Å². The number of aromatic nitrogens is 2. The number of nitrogens with zero attached hydrogens (tertiary/aromatic N) is 2. The van der Waals surface area contributed by atoms with Crippen molar-refractivity contribution in [2.24, 2.45) is 5.41 Å². The average molecular weight is 308 g/mol. The Kier molecular flexibility index (Phi) is 4.88. The summed E-state index contributed by atoms with van der Waals surface area (Å²) in [4.78, 5) is 11.7. The lowest BCUT2D eigenvalue weighted by molar-refractivity contribution is -0.122. The Bertz CT molecular complexity index is 628. The Morgan fingerprint density at radius 2 is 2.14 bits per heavy atom. The Morgan fingerprint density at radius 1 is 1.38 bits per heavy atom. The van der Waals surface area contributed by atoms with Crippen LogP contribution >= 0.6 is 11.6 Å². The highest BCUT2D eigenvalue weighted by Crippen LogP contribution is 2.22. The zero-order valence-corrected chi connectivity index (χ0v) is 13.6. The van der Waals surface area contributed by atoms with Crippen molar-refractivity contribution in [2.45, 2.75) is 40.2 Å². The lowest BCUT2D eigenvalue weighted by atomic mass is 9.92. The molecule has 0 fully saturated rings. The summed E-state index contributed by atoms with van der Waals surface area (Å²) >= 11 is 6.12. The molecule has 0 radical (unpaired) electrons. The Morgan fingerprint density at radius 3 is 2.86 bits per heavy atom. The summed E-state index contributed by atoms with van der Waals surface area (Å²) in [6.07, 6.45) is 3.18. The molecule has 2 rings (SSSR count). The molecular formula is C16H22ClN3O. The van der Waals surface area contributed by atoms with Gasteiger partial charge in [-0.05, 0) is 24.0 Å². The topological polar surface area (TPSA) is 46.9 Å². The minimum atomic E-state index is 0.0268. The molecule has 5 heteroatoms. The zero-order chi connectivity index (χ0) is 15.5. The summed E-state index contributed by atoms with van der Waals surface area (Å²) in [5.41, 5.74) is 1.06. The number of carbonyl (C=O) groups is 1. The van der Waals surface area contributed by atoms with Gasteiger partial charge in [0.2, 0.25) is 5.91 Å². The van der Waals surface area contributed by atoms with E-state index in [2.05, 4.69) is 31.2 Å². The molecule has 1 aromatic carbocycles. The van der Waals surface area contributed by atoms with E-state index in [1.54, 1.807) is 6.20 Å². The molecule has 1 aromatic heterocycles. The molecule has 1 N–H and O–H groups in total. The third-order valence-corrected chi connectivity index (χ3v) is 3.52. The third kappa shape index (κ3) is 4.46. The molecule has 114 valence electrons. The molecule has 4 nitrogen and oxygen atoms in total. The van der Waals surface area contributed by atoms with Crippen LogP contribution in [0.3, 0.4) is 0 Å². The van der Waals surface area contributed by atoms with Gasteiger partial charge < -0.3 is 5.32 Å². The molecule has 1 heterocycles. The van der Waals surface area contributed by atoms with E-state index in [1.807, 2.05) is 22.9 Å². The van der Waals surface area contributed by atoms with Crippen molar-refractivity contribution in [2.75, 3.05) is 6.54 Å². The highest BCUT2D eigenvalue weighted by Gasteiger charge is 2.15. The maximum absolute atomic E-state index is 11.7. The summed E-state index contributed by atoms with van der Waals surface area (Å²) < 4.78 is 1.93.